The summed E-state index contributed by atoms with van der Waals surface area (Å²) in [4.78, 5) is 17.5. The van der Waals surface area contributed by atoms with Gasteiger partial charge in [-0.3, -0.25) is 4.21 Å². The van der Waals surface area contributed by atoms with E-state index in [1.165, 1.54) is 24.8 Å². The van der Waals surface area contributed by atoms with Crippen LogP contribution in [0.15, 0.2) is 35.5 Å². The Morgan fingerprint density at radius 3 is 2.52 bits per heavy atom. The number of aromatic nitrogens is 4. The molecule has 0 bridgehead atoms. The molecule has 1 spiro atoms. The van der Waals surface area contributed by atoms with Crippen molar-refractivity contribution in [2.75, 3.05) is 36.2 Å². The van der Waals surface area contributed by atoms with Gasteiger partial charge in [-0.1, -0.05) is 36.8 Å². The normalized spacial score (nSPS) is 31.0. The summed E-state index contributed by atoms with van der Waals surface area (Å²) in [5, 5.41) is 4.30. The maximum Gasteiger partial charge on any atom is 0.222 e. The molecule has 9 heteroatoms. The first-order chi connectivity index (χ1) is 20.5. The molecule has 220 valence electrons. The lowest BCUT2D eigenvalue weighted by Gasteiger charge is -2.37. The minimum Gasteiger partial charge on any atom is -0.377 e. The number of rotatable bonds is 7. The van der Waals surface area contributed by atoms with Crippen molar-refractivity contribution in [3.8, 4) is 12.3 Å². The predicted molar refractivity (Wildman–Crippen MR) is 165 cm³/mol. The predicted octanol–water partition coefficient (Wildman–Crippen LogP) is 5.64. The average molecular weight is 585 g/mol. The number of nitrogens with one attached hydrogen (secondary N) is 1. The molecule has 42 heavy (non-hydrogen) atoms. The molecule has 0 radical (unpaired) electrons. The Hall–Kier alpha value is -2.96. The Morgan fingerprint density at radius 1 is 1.07 bits per heavy atom. The zero-order chi connectivity index (χ0) is 28.5. The maximum atomic E-state index is 12.8. The summed E-state index contributed by atoms with van der Waals surface area (Å²) in [7, 11) is -1.32. The molecular formula is C33H40N6O2S. The van der Waals surface area contributed by atoms with Crippen molar-refractivity contribution in [3.05, 3.63) is 35.9 Å². The highest BCUT2D eigenvalue weighted by Gasteiger charge is 2.58. The van der Waals surface area contributed by atoms with Crippen LogP contribution < -0.4 is 10.2 Å². The number of benzene rings is 1. The standard InChI is InChI=1S/C33H40N6O2S/c1-3-22-12-14-32(15-13-22)20-26(32)39-27-28(36-31(39)38-18-19-41-21-25(38)23-8-5-4-6-9-23)34-30(42(2)40)35-29(27)37-33(16-17-33)24-10-7-11-24/h1,4-6,8-9,22,24-26H,7,10-21H2,2H3,(H,34,35,37)/t22?,25-,26?,32?,42?/m0/s1. The first-order valence-corrected chi connectivity index (χ1v) is 17.3. The Bertz CT molecular complexity index is 1560. The largest absolute Gasteiger partial charge is 0.377 e. The monoisotopic (exact) mass is 584 g/mol. The van der Waals surface area contributed by atoms with Crippen LogP contribution in [0.2, 0.25) is 0 Å². The second-order valence-electron chi connectivity index (χ2n) is 13.4. The van der Waals surface area contributed by atoms with Gasteiger partial charge in [0, 0.05) is 30.3 Å². The Balaban J connectivity index is 1.28. The third-order valence-electron chi connectivity index (χ3n) is 11.1. The first-order valence-electron chi connectivity index (χ1n) is 15.8. The molecule has 2 unspecified atom stereocenters. The molecule has 0 amide bonds. The van der Waals surface area contributed by atoms with Crippen LogP contribution in [-0.2, 0) is 15.5 Å². The van der Waals surface area contributed by atoms with Crippen molar-refractivity contribution in [2.45, 2.75) is 87.0 Å². The molecule has 8 nitrogen and oxygen atoms in total. The molecule has 3 heterocycles. The van der Waals surface area contributed by atoms with Crippen molar-refractivity contribution in [1.29, 1.82) is 0 Å². The lowest BCUT2D eigenvalue weighted by atomic mass is 9.78. The number of anilines is 2. The summed E-state index contributed by atoms with van der Waals surface area (Å²) >= 11 is 0. The third-order valence-corrected chi connectivity index (χ3v) is 11.7. The second-order valence-corrected chi connectivity index (χ2v) is 14.7. The van der Waals surface area contributed by atoms with Gasteiger partial charge in [0.2, 0.25) is 11.1 Å². The zero-order valence-electron chi connectivity index (χ0n) is 24.4. The van der Waals surface area contributed by atoms with Gasteiger partial charge in [0.1, 0.15) is 5.52 Å². The van der Waals surface area contributed by atoms with Crippen molar-refractivity contribution < 1.29 is 8.95 Å². The van der Waals surface area contributed by atoms with Crippen LogP contribution in [0.25, 0.3) is 11.2 Å². The highest BCUT2D eigenvalue weighted by atomic mass is 32.2. The fourth-order valence-corrected chi connectivity index (χ4v) is 8.47. The number of imidazole rings is 1. The number of terminal acetylenes is 1. The molecule has 5 aliphatic rings. The molecule has 3 atom stereocenters. The van der Waals surface area contributed by atoms with Crippen LogP contribution in [0.3, 0.4) is 0 Å². The number of ether oxygens (including phenoxy) is 1. The van der Waals surface area contributed by atoms with Crippen molar-refractivity contribution in [3.63, 3.8) is 0 Å². The summed E-state index contributed by atoms with van der Waals surface area (Å²) in [5.41, 5.74) is 3.18. The van der Waals surface area contributed by atoms with E-state index in [9.17, 15) is 4.21 Å². The van der Waals surface area contributed by atoms with Crippen LogP contribution in [0.5, 0.6) is 0 Å². The van der Waals surface area contributed by atoms with E-state index in [1.54, 1.807) is 6.26 Å². The molecule has 5 fully saturated rings. The van der Waals surface area contributed by atoms with E-state index in [0.717, 1.165) is 68.8 Å². The number of fused-ring (bicyclic) bond motifs is 1. The quantitative estimate of drug-likeness (QED) is 0.284. The van der Waals surface area contributed by atoms with Gasteiger partial charge in [-0.05, 0) is 74.7 Å². The lowest BCUT2D eigenvalue weighted by molar-refractivity contribution is 0.0928. The summed E-state index contributed by atoms with van der Waals surface area (Å²) in [6, 6.07) is 11.0. The number of morpholine rings is 1. The smallest absolute Gasteiger partial charge is 0.222 e. The summed E-state index contributed by atoms with van der Waals surface area (Å²) in [5.74, 6) is 5.84. The van der Waals surface area contributed by atoms with Gasteiger partial charge >= 0.3 is 0 Å². The SMILES string of the molecule is C#CC1CCC2(CC1)CC2n1c(N2CCOC[C@H]2c2ccccc2)nc2nc(S(C)=O)nc(NC3(C4CCC4)CC3)c21. The molecule has 1 aromatic carbocycles. The molecule has 1 aliphatic heterocycles. The average Bonchev–Trinajstić information content (AvgIpc) is 3.87. The van der Waals surface area contributed by atoms with Gasteiger partial charge in [-0.2, -0.15) is 9.97 Å². The zero-order valence-corrected chi connectivity index (χ0v) is 25.2. The minimum atomic E-state index is -1.32. The first kappa shape index (κ1) is 26.7. The Kier molecular flexibility index (Phi) is 6.38. The van der Waals surface area contributed by atoms with Crippen LogP contribution in [0, 0.1) is 29.6 Å². The van der Waals surface area contributed by atoms with E-state index in [1.807, 2.05) is 0 Å². The number of hydrogen-bond donors (Lipinski definition) is 1. The minimum absolute atomic E-state index is 0.0521. The van der Waals surface area contributed by atoms with Crippen molar-refractivity contribution >= 4 is 33.7 Å². The molecule has 2 aromatic heterocycles. The van der Waals surface area contributed by atoms with Crippen LogP contribution in [-0.4, -0.2) is 55.3 Å². The van der Waals surface area contributed by atoms with E-state index < -0.39 is 10.8 Å². The fourth-order valence-electron chi connectivity index (χ4n) is 8.03. The van der Waals surface area contributed by atoms with Crippen molar-refractivity contribution in [2.24, 2.45) is 17.3 Å². The number of hydrogen-bond acceptors (Lipinski definition) is 7. The Labute approximate surface area is 250 Å². The molecule has 3 aromatic rings. The highest BCUT2D eigenvalue weighted by molar-refractivity contribution is 7.84. The molecule has 8 rings (SSSR count). The Morgan fingerprint density at radius 2 is 1.86 bits per heavy atom. The van der Waals surface area contributed by atoms with Crippen LogP contribution >= 0.6 is 0 Å². The van der Waals surface area contributed by atoms with Crippen molar-refractivity contribution in [1.82, 2.24) is 19.5 Å². The van der Waals surface area contributed by atoms with E-state index >= 15 is 0 Å². The maximum absolute atomic E-state index is 12.8. The van der Waals surface area contributed by atoms with E-state index in [0.29, 0.717) is 41.9 Å². The molecule has 4 saturated carbocycles. The molecule has 1 saturated heterocycles. The molecule has 1 N–H and O–H groups in total. The van der Waals surface area contributed by atoms with Gasteiger partial charge in [-0.15, -0.1) is 12.3 Å². The van der Waals surface area contributed by atoms with E-state index in [-0.39, 0.29) is 17.0 Å². The van der Waals surface area contributed by atoms with Gasteiger partial charge in [-0.25, -0.2) is 4.98 Å². The second kappa shape index (κ2) is 10.1. The van der Waals surface area contributed by atoms with Gasteiger partial charge in [0.05, 0.1) is 30.1 Å². The number of nitrogens with zero attached hydrogens (tertiary/aromatic N) is 5. The van der Waals surface area contributed by atoms with E-state index in [2.05, 4.69) is 51.0 Å². The third kappa shape index (κ3) is 4.36. The van der Waals surface area contributed by atoms with E-state index in [4.69, 9.17) is 26.1 Å². The van der Waals surface area contributed by atoms with Gasteiger partial charge in [0.15, 0.2) is 11.5 Å². The van der Waals surface area contributed by atoms with Crippen LogP contribution in [0.1, 0.15) is 81.9 Å². The van der Waals surface area contributed by atoms with Gasteiger partial charge < -0.3 is 19.5 Å². The molecular weight excluding hydrogens is 544 g/mol. The lowest BCUT2D eigenvalue weighted by Crippen LogP contribution is -2.41. The summed E-state index contributed by atoms with van der Waals surface area (Å²) < 4.78 is 21.3. The highest BCUT2D eigenvalue weighted by Crippen LogP contribution is 2.66. The summed E-state index contributed by atoms with van der Waals surface area (Å²) in [6.07, 6.45) is 19.3. The fraction of sp³-hybridized carbons (Fsp3) is 0.606. The summed E-state index contributed by atoms with van der Waals surface area (Å²) in [6.45, 7) is 2.01. The van der Waals surface area contributed by atoms with Gasteiger partial charge in [0.25, 0.3) is 0 Å². The van der Waals surface area contributed by atoms with Crippen LogP contribution in [0.4, 0.5) is 11.8 Å². The topological polar surface area (TPSA) is 85.2 Å². The molecule has 4 aliphatic carbocycles.